The second-order valence-corrected chi connectivity index (χ2v) is 5.05. The lowest BCUT2D eigenvalue weighted by Crippen LogP contribution is -2.04. The van der Waals surface area contributed by atoms with Gasteiger partial charge in [0.15, 0.2) is 0 Å². The van der Waals surface area contributed by atoms with Crippen molar-refractivity contribution in [3.8, 4) is 5.75 Å². The molecule has 0 amide bonds. The molecule has 0 heterocycles. The molecule has 0 atom stereocenters. The van der Waals surface area contributed by atoms with Crippen molar-refractivity contribution >= 4 is 0 Å². The number of aryl methyl sites for hydroxylation is 3. The third-order valence-corrected chi connectivity index (χ3v) is 3.18. The van der Waals surface area contributed by atoms with Crippen molar-refractivity contribution in [3.05, 3.63) is 64.2 Å². The van der Waals surface area contributed by atoms with Crippen molar-refractivity contribution < 1.29 is 4.74 Å². The number of ether oxygens (including phenoxy) is 1. The van der Waals surface area contributed by atoms with Crippen LogP contribution in [0.5, 0.6) is 5.75 Å². The van der Waals surface area contributed by atoms with Gasteiger partial charge >= 0.3 is 0 Å². The van der Waals surface area contributed by atoms with Crippen LogP contribution >= 0.6 is 0 Å². The first-order chi connectivity index (χ1) is 9.10. The molecule has 2 aromatic carbocycles. The maximum absolute atomic E-state index is 5.97. The largest absolute Gasteiger partial charge is 0.488 e. The van der Waals surface area contributed by atoms with Crippen LogP contribution in [0.3, 0.4) is 0 Å². The smallest absolute Gasteiger partial charge is 0.127 e. The van der Waals surface area contributed by atoms with Crippen molar-refractivity contribution in [2.45, 2.75) is 33.9 Å². The van der Waals surface area contributed by atoms with Crippen LogP contribution in [0.2, 0.25) is 0 Å². The van der Waals surface area contributed by atoms with Gasteiger partial charge in [-0.3, -0.25) is 0 Å². The molecular formula is C17H21NO. The summed E-state index contributed by atoms with van der Waals surface area (Å²) in [5.74, 6) is 0.921. The quantitative estimate of drug-likeness (QED) is 0.905. The second kappa shape index (κ2) is 5.89. The Balaban J connectivity index is 2.18. The van der Waals surface area contributed by atoms with Gasteiger partial charge in [-0.2, -0.15) is 0 Å². The Morgan fingerprint density at radius 3 is 2.32 bits per heavy atom. The van der Waals surface area contributed by atoms with Crippen molar-refractivity contribution in [1.82, 2.24) is 0 Å². The molecule has 2 N–H and O–H groups in total. The molecule has 0 spiro atoms. The summed E-state index contributed by atoms with van der Waals surface area (Å²) in [6.45, 7) is 7.35. The predicted molar refractivity (Wildman–Crippen MR) is 79.3 cm³/mol. The van der Waals surface area contributed by atoms with E-state index in [0.717, 1.165) is 16.9 Å². The minimum Gasteiger partial charge on any atom is -0.488 e. The number of para-hydroxylation sites is 1. The zero-order valence-electron chi connectivity index (χ0n) is 11.9. The summed E-state index contributed by atoms with van der Waals surface area (Å²) >= 11 is 0. The van der Waals surface area contributed by atoms with Gasteiger partial charge in [0.25, 0.3) is 0 Å². The number of nitrogens with two attached hydrogens (primary N) is 1. The molecule has 2 rings (SSSR count). The molecule has 0 unspecified atom stereocenters. The molecule has 19 heavy (non-hydrogen) atoms. The van der Waals surface area contributed by atoms with Gasteiger partial charge in [-0.15, -0.1) is 0 Å². The van der Waals surface area contributed by atoms with Crippen molar-refractivity contribution in [1.29, 1.82) is 0 Å². The van der Waals surface area contributed by atoms with Crippen molar-refractivity contribution in [2.75, 3.05) is 0 Å². The maximum atomic E-state index is 5.97. The number of hydrogen-bond acceptors (Lipinski definition) is 2. The molecule has 100 valence electrons. The van der Waals surface area contributed by atoms with Crippen LogP contribution in [0, 0.1) is 20.8 Å². The maximum Gasteiger partial charge on any atom is 0.127 e. The zero-order chi connectivity index (χ0) is 13.8. The Hall–Kier alpha value is -1.80. The Morgan fingerprint density at radius 1 is 1.00 bits per heavy atom. The standard InChI is InChI=1S/C17H21NO/c1-12-7-13(2)9-15(8-12)11-19-17-14(3)5-4-6-16(17)10-18/h4-9H,10-11,18H2,1-3H3. The van der Waals surface area contributed by atoms with Crippen LogP contribution in [0.15, 0.2) is 36.4 Å². The van der Waals surface area contributed by atoms with Crippen molar-refractivity contribution in [2.24, 2.45) is 5.73 Å². The topological polar surface area (TPSA) is 35.2 Å². The molecule has 0 aliphatic heterocycles. The zero-order valence-corrected chi connectivity index (χ0v) is 11.9. The lowest BCUT2D eigenvalue weighted by atomic mass is 10.1. The fourth-order valence-corrected chi connectivity index (χ4v) is 2.39. The average Bonchev–Trinajstić information content (AvgIpc) is 2.36. The molecule has 0 aromatic heterocycles. The Bertz CT molecular complexity index is 555. The van der Waals surface area contributed by atoms with Crippen LogP contribution in [-0.2, 0) is 13.2 Å². The van der Waals surface area contributed by atoms with E-state index in [2.05, 4.69) is 45.0 Å². The summed E-state index contributed by atoms with van der Waals surface area (Å²) in [6, 6.07) is 12.6. The molecule has 0 fully saturated rings. The van der Waals surface area contributed by atoms with E-state index in [1.165, 1.54) is 16.7 Å². The highest BCUT2D eigenvalue weighted by molar-refractivity contribution is 5.41. The minimum absolute atomic E-state index is 0.504. The van der Waals surface area contributed by atoms with E-state index in [4.69, 9.17) is 10.5 Å². The Morgan fingerprint density at radius 2 is 1.68 bits per heavy atom. The summed E-state index contributed by atoms with van der Waals surface area (Å²) in [6.07, 6.45) is 0. The summed E-state index contributed by atoms with van der Waals surface area (Å²) in [4.78, 5) is 0. The van der Waals surface area contributed by atoms with E-state index in [1.807, 2.05) is 12.1 Å². The molecule has 0 bridgehead atoms. The summed E-state index contributed by atoms with van der Waals surface area (Å²) < 4.78 is 5.97. The first-order valence-corrected chi connectivity index (χ1v) is 6.58. The SMILES string of the molecule is Cc1cc(C)cc(COc2c(C)cccc2CN)c1. The van der Waals surface area contributed by atoms with Gasteiger partial charge in [0, 0.05) is 12.1 Å². The van der Waals surface area contributed by atoms with Gasteiger partial charge in [0.1, 0.15) is 12.4 Å². The van der Waals surface area contributed by atoms with Gasteiger partial charge in [-0.25, -0.2) is 0 Å². The van der Waals surface area contributed by atoms with Gasteiger partial charge in [0.2, 0.25) is 0 Å². The first kappa shape index (κ1) is 13.6. The van der Waals surface area contributed by atoms with Gasteiger partial charge in [0.05, 0.1) is 0 Å². The van der Waals surface area contributed by atoms with Crippen LogP contribution in [-0.4, -0.2) is 0 Å². The van der Waals surface area contributed by atoms with Crippen LogP contribution < -0.4 is 10.5 Å². The lowest BCUT2D eigenvalue weighted by molar-refractivity contribution is 0.300. The normalized spacial score (nSPS) is 10.5. The first-order valence-electron chi connectivity index (χ1n) is 6.58. The van der Waals surface area contributed by atoms with Crippen LogP contribution in [0.25, 0.3) is 0 Å². The van der Waals surface area contributed by atoms with Crippen molar-refractivity contribution in [3.63, 3.8) is 0 Å². The van der Waals surface area contributed by atoms with E-state index in [9.17, 15) is 0 Å². The van der Waals surface area contributed by atoms with E-state index >= 15 is 0 Å². The predicted octanol–water partition coefficient (Wildman–Crippen LogP) is 3.65. The second-order valence-electron chi connectivity index (χ2n) is 5.05. The third-order valence-electron chi connectivity index (χ3n) is 3.18. The van der Waals surface area contributed by atoms with Gasteiger partial charge in [-0.1, -0.05) is 47.5 Å². The molecule has 0 radical (unpaired) electrons. The third kappa shape index (κ3) is 3.36. The highest BCUT2D eigenvalue weighted by Crippen LogP contribution is 2.24. The monoisotopic (exact) mass is 255 g/mol. The van der Waals surface area contributed by atoms with E-state index < -0.39 is 0 Å². The molecule has 0 saturated carbocycles. The van der Waals surface area contributed by atoms with Gasteiger partial charge in [-0.05, 0) is 31.9 Å². The number of benzene rings is 2. The van der Waals surface area contributed by atoms with Crippen LogP contribution in [0.1, 0.15) is 27.8 Å². The Kier molecular flexibility index (Phi) is 4.23. The van der Waals surface area contributed by atoms with Crippen LogP contribution in [0.4, 0.5) is 0 Å². The number of hydrogen-bond donors (Lipinski definition) is 1. The number of rotatable bonds is 4. The minimum atomic E-state index is 0.504. The summed E-state index contributed by atoms with van der Waals surface area (Å²) in [7, 11) is 0. The molecule has 2 nitrogen and oxygen atoms in total. The Labute approximate surface area is 115 Å². The summed E-state index contributed by atoms with van der Waals surface area (Å²) in [5, 5.41) is 0. The fourth-order valence-electron chi connectivity index (χ4n) is 2.39. The fraction of sp³-hybridized carbons (Fsp3) is 0.294. The van der Waals surface area contributed by atoms with E-state index in [-0.39, 0.29) is 0 Å². The molecule has 0 aliphatic carbocycles. The highest BCUT2D eigenvalue weighted by atomic mass is 16.5. The van der Waals surface area contributed by atoms with E-state index in [0.29, 0.717) is 13.2 Å². The molecular weight excluding hydrogens is 234 g/mol. The lowest BCUT2D eigenvalue weighted by Gasteiger charge is -2.14. The van der Waals surface area contributed by atoms with E-state index in [1.54, 1.807) is 0 Å². The molecule has 2 aromatic rings. The molecule has 2 heteroatoms. The molecule has 0 saturated heterocycles. The average molecular weight is 255 g/mol. The van der Waals surface area contributed by atoms with Gasteiger partial charge < -0.3 is 10.5 Å². The summed E-state index contributed by atoms with van der Waals surface area (Å²) in [5.41, 5.74) is 11.7. The molecule has 0 aliphatic rings. The highest BCUT2D eigenvalue weighted by Gasteiger charge is 2.06.